The van der Waals surface area contributed by atoms with Crippen LogP contribution in [0.5, 0.6) is 0 Å². The molecule has 1 heterocycles. The molecular formula is C18H28N2O3. The summed E-state index contributed by atoms with van der Waals surface area (Å²) in [5, 5.41) is 13.3. The van der Waals surface area contributed by atoms with Crippen LogP contribution in [0.4, 0.5) is 0 Å². The van der Waals surface area contributed by atoms with Crippen LogP contribution >= 0.6 is 0 Å². The van der Waals surface area contributed by atoms with Gasteiger partial charge in [-0.3, -0.25) is 9.69 Å². The Morgan fingerprint density at radius 2 is 2.00 bits per heavy atom. The number of nitrogens with one attached hydrogen (secondary N) is 1. The van der Waals surface area contributed by atoms with E-state index in [1.165, 1.54) is 0 Å². The molecule has 2 unspecified atom stereocenters. The summed E-state index contributed by atoms with van der Waals surface area (Å²) in [4.78, 5) is 14.3. The third-order valence-corrected chi connectivity index (χ3v) is 4.19. The molecule has 128 valence electrons. The first-order chi connectivity index (χ1) is 11.0. The van der Waals surface area contributed by atoms with Crippen LogP contribution in [-0.4, -0.2) is 60.9 Å². The van der Waals surface area contributed by atoms with Crippen molar-refractivity contribution in [2.45, 2.75) is 31.8 Å². The number of β-amino-alcohol motifs (C(OH)–C–C–N with tert-alkyl or cyclic N) is 1. The first-order valence-electron chi connectivity index (χ1n) is 8.30. The van der Waals surface area contributed by atoms with Gasteiger partial charge in [-0.2, -0.15) is 0 Å². The zero-order valence-electron chi connectivity index (χ0n) is 14.1. The predicted molar refractivity (Wildman–Crippen MR) is 90.4 cm³/mol. The summed E-state index contributed by atoms with van der Waals surface area (Å²) >= 11 is 0. The van der Waals surface area contributed by atoms with Crippen molar-refractivity contribution in [3.8, 4) is 0 Å². The average molecular weight is 320 g/mol. The van der Waals surface area contributed by atoms with E-state index in [4.69, 9.17) is 4.74 Å². The van der Waals surface area contributed by atoms with Gasteiger partial charge >= 0.3 is 0 Å². The maximum atomic E-state index is 12.1. The van der Waals surface area contributed by atoms with E-state index in [0.717, 1.165) is 18.7 Å². The summed E-state index contributed by atoms with van der Waals surface area (Å²) in [5.74, 6) is 0.143. The number of morpholine rings is 1. The van der Waals surface area contributed by atoms with E-state index < -0.39 is 5.60 Å². The van der Waals surface area contributed by atoms with E-state index in [9.17, 15) is 9.90 Å². The Morgan fingerprint density at radius 3 is 2.65 bits per heavy atom. The molecular weight excluding hydrogens is 292 g/mol. The Morgan fingerprint density at radius 1 is 1.35 bits per heavy atom. The maximum Gasteiger partial charge on any atom is 0.220 e. The molecule has 2 atom stereocenters. The molecule has 5 heteroatoms. The number of benzene rings is 1. The van der Waals surface area contributed by atoms with Gasteiger partial charge in [-0.15, -0.1) is 0 Å². The Bertz CT molecular complexity index is 484. The summed E-state index contributed by atoms with van der Waals surface area (Å²) in [6, 6.07) is 10.0. The standard InChI is InChI=1S/C18H28N2O3/c1-15(16-6-4-3-5-7-16)12-17(21)19-13-18(2,22)14-20-8-10-23-11-9-20/h3-7,15,22H,8-14H2,1-2H3,(H,19,21). The van der Waals surface area contributed by atoms with Gasteiger partial charge in [0.2, 0.25) is 5.91 Å². The fourth-order valence-electron chi connectivity index (χ4n) is 2.84. The van der Waals surface area contributed by atoms with Crippen LogP contribution in [0.15, 0.2) is 30.3 Å². The van der Waals surface area contributed by atoms with Crippen molar-refractivity contribution in [2.24, 2.45) is 0 Å². The fraction of sp³-hybridized carbons (Fsp3) is 0.611. The monoisotopic (exact) mass is 320 g/mol. The summed E-state index contributed by atoms with van der Waals surface area (Å²) in [5.41, 5.74) is 0.228. The molecule has 5 nitrogen and oxygen atoms in total. The van der Waals surface area contributed by atoms with Gasteiger partial charge in [0.1, 0.15) is 0 Å². The number of amides is 1. The van der Waals surface area contributed by atoms with Gasteiger partial charge in [0.05, 0.1) is 18.8 Å². The summed E-state index contributed by atoms with van der Waals surface area (Å²) in [7, 11) is 0. The van der Waals surface area contributed by atoms with E-state index in [1.54, 1.807) is 6.92 Å². The molecule has 0 aromatic heterocycles. The second-order valence-corrected chi connectivity index (χ2v) is 6.68. The zero-order chi connectivity index (χ0) is 16.7. The van der Waals surface area contributed by atoms with E-state index in [1.807, 2.05) is 37.3 Å². The van der Waals surface area contributed by atoms with Crippen molar-refractivity contribution in [3.63, 3.8) is 0 Å². The van der Waals surface area contributed by atoms with Crippen LogP contribution in [0.3, 0.4) is 0 Å². The Hall–Kier alpha value is -1.43. The van der Waals surface area contributed by atoms with E-state index in [2.05, 4.69) is 10.2 Å². The molecule has 1 fully saturated rings. The first kappa shape index (κ1) is 17.9. The number of aliphatic hydroxyl groups is 1. The Kier molecular flexibility index (Phi) is 6.57. The summed E-state index contributed by atoms with van der Waals surface area (Å²) < 4.78 is 5.31. The van der Waals surface area contributed by atoms with Gasteiger partial charge in [-0.1, -0.05) is 37.3 Å². The number of carbonyl (C=O) groups is 1. The van der Waals surface area contributed by atoms with Crippen LogP contribution in [0.2, 0.25) is 0 Å². The lowest BCUT2D eigenvalue weighted by molar-refractivity contribution is -0.122. The van der Waals surface area contributed by atoms with Crippen molar-refractivity contribution >= 4 is 5.91 Å². The molecule has 23 heavy (non-hydrogen) atoms. The highest BCUT2D eigenvalue weighted by molar-refractivity contribution is 5.76. The van der Waals surface area contributed by atoms with Crippen molar-refractivity contribution in [1.82, 2.24) is 10.2 Å². The molecule has 1 amide bonds. The van der Waals surface area contributed by atoms with E-state index in [0.29, 0.717) is 26.2 Å². The molecule has 0 bridgehead atoms. The fourth-order valence-corrected chi connectivity index (χ4v) is 2.84. The molecule has 1 aliphatic rings. The van der Waals surface area contributed by atoms with Gasteiger partial charge in [-0.05, 0) is 18.4 Å². The molecule has 1 aliphatic heterocycles. The number of ether oxygens (including phenoxy) is 1. The number of hydrogen-bond acceptors (Lipinski definition) is 4. The smallest absolute Gasteiger partial charge is 0.220 e. The summed E-state index contributed by atoms with van der Waals surface area (Å²) in [6.45, 7) is 7.69. The average Bonchev–Trinajstić information content (AvgIpc) is 2.54. The normalized spacial score (nSPS) is 19.8. The van der Waals surface area contributed by atoms with Crippen LogP contribution < -0.4 is 5.32 Å². The van der Waals surface area contributed by atoms with Gasteiger partial charge in [0.15, 0.2) is 0 Å². The second kappa shape index (κ2) is 8.43. The molecule has 0 spiro atoms. The number of nitrogens with zero attached hydrogens (tertiary/aromatic N) is 1. The SMILES string of the molecule is CC(CC(=O)NCC(C)(O)CN1CCOCC1)c1ccccc1. The Balaban J connectivity index is 1.74. The van der Waals surface area contributed by atoms with Crippen LogP contribution in [0, 0.1) is 0 Å². The van der Waals surface area contributed by atoms with Crippen LogP contribution in [-0.2, 0) is 9.53 Å². The second-order valence-electron chi connectivity index (χ2n) is 6.68. The molecule has 2 rings (SSSR count). The Labute approximate surface area is 138 Å². The lowest BCUT2D eigenvalue weighted by Gasteiger charge is -2.34. The molecule has 0 saturated carbocycles. The lowest BCUT2D eigenvalue weighted by atomic mass is 9.97. The highest BCUT2D eigenvalue weighted by Gasteiger charge is 2.26. The third-order valence-electron chi connectivity index (χ3n) is 4.19. The lowest BCUT2D eigenvalue weighted by Crippen LogP contribution is -2.51. The predicted octanol–water partition coefficient (Wildman–Crippen LogP) is 1.38. The van der Waals surface area contributed by atoms with Crippen molar-refractivity contribution in [3.05, 3.63) is 35.9 Å². The van der Waals surface area contributed by atoms with Crippen molar-refractivity contribution < 1.29 is 14.6 Å². The minimum absolute atomic E-state index is 0.0244. The minimum atomic E-state index is -0.928. The highest BCUT2D eigenvalue weighted by Crippen LogP contribution is 2.18. The molecule has 1 aromatic carbocycles. The van der Waals surface area contributed by atoms with Crippen molar-refractivity contribution in [1.29, 1.82) is 0 Å². The molecule has 1 saturated heterocycles. The van der Waals surface area contributed by atoms with Crippen LogP contribution in [0.1, 0.15) is 31.7 Å². The third kappa shape index (κ3) is 6.29. The number of rotatable bonds is 7. The van der Waals surface area contributed by atoms with Gasteiger partial charge in [0.25, 0.3) is 0 Å². The quantitative estimate of drug-likeness (QED) is 0.797. The van der Waals surface area contributed by atoms with Gasteiger partial charge in [-0.25, -0.2) is 0 Å². The minimum Gasteiger partial charge on any atom is -0.387 e. The topological polar surface area (TPSA) is 61.8 Å². The zero-order valence-corrected chi connectivity index (χ0v) is 14.1. The molecule has 2 N–H and O–H groups in total. The van der Waals surface area contributed by atoms with Crippen molar-refractivity contribution in [2.75, 3.05) is 39.4 Å². The molecule has 1 aromatic rings. The highest BCUT2D eigenvalue weighted by atomic mass is 16.5. The number of hydrogen-bond donors (Lipinski definition) is 2. The van der Waals surface area contributed by atoms with E-state index >= 15 is 0 Å². The van der Waals surface area contributed by atoms with Gasteiger partial charge < -0.3 is 15.2 Å². The number of carbonyl (C=O) groups excluding carboxylic acids is 1. The summed E-state index contributed by atoms with van der Waals surface area (Å²) in [6.07, 6.45) is 0.428. The molecule has 0 radical (unpaired) electrons. The maximum absolute atomic E-state index is 12.1. The van der Waals surface area contributed by atoms with Crippen LogP contribution in [0.25, 0.3) is 0 Å². The first-order valence-corrected chi connectivity index (χ1v) is 8.30. The van der Waals surface area contributed by atoms with E-state index in [-0.39, 0.29) is 18.4 Å². The van der Waals surface area contributed by atoms with Gasteiger partial charge in [0, 0.05) is 32.6 Å². The largest absolute Gasteiger partial charge is 0.387 e. The molecule has 0 aliphatic carbocycles.